The van der Waals surface area contributed by atoms with Crippen molar-refractivity contribution in [1.29, 1.82) is 0 Å². The summed E-state index contributed by atoms with van der Waals surface area (Å²) in [6.07, 6.45) is 0. The molecular weight excluding hydrogens is 180 g/mol. The number of benzene rings is 1. The van der Waals surface area contributed by atoms with Gasteiger partial charge in [-0.3, -0.25) is 0 Å². The molecule has 0 unspecified atom stereocenters. The Bertz CT molecular complexity index is 401. The Morgan fingerprint density at radius 3 is 2.43 bits per heavy atom. The van der Waals surface area contributed by atoms with Gasteiger partial charge in [0.05, 0.1) is 0 Å². The smallest absolute Gasteiger partial charge is 0.374 e. The number of hydrogen-bond donors (Lipinski definition) is 1. The Morgan fingerprint density at radius 1 is 1.29 bits per heavy atom. The molecule has 14 heavy (non-hydrogen) atoms. The molecule has 1 aromatic carbocycles. The van der Waals surface area contributed by atoms with Crippen LogP contribution in [-0.2, 0) is 9.53 Å². The van der Waals surface area contributed by atoms with Crippen LogP contribution in [-0.4, -0.2) is 17.7 Å². The van der Waals surface area contributed by atoms with Gasteiger partial charge in [-0.05, 0) is 12.5 Å². The lowest BCUT2D eigenvalue weighted by molar-refractivity contribution is -0.138. The standard InChI is InChI=1S/C11H10O3/c1-7-2-4-8(5-3-7)9-6-14-11(13)10(9)12/h2-5,12H,6H2,1H3. The molecule has 0 aromatic heterocycles. The van der Waals surface area contributed by atoms with Crippen LogP contribution in [0.4, 0.5) is 0 Å². The maximum absolute atomic E-state index is 10.9. The monoisotopic (exact) mass is 190 g/mol. The van der Waals surface area contributed by atoms with Gasteiger partial charge in [-0.1, -0.05) is 29.8 Å². The first-order valence-corrected chi connectivity index (χ1v) is 4.35. The Morgan fingerprint density at radius 2 is 1.93 bits per heavy atom. The molecule has 0 atom stereocenters. The van der Waals surface area contributed by atoms with Crippen molar-refractivity contribution in [3.05, 3.63) is 41.2 Å². The summed E-state index contributed by atoms with van der Waals surface area (Å²) >= 11 is 0. The lowest BCUT2D eigenvalue weighted by atomic mass is 10.0. The highest BCUT2D eigenvalue weighted by atomic mass is 16.6. The molecule has 0 saturated heterocycles. The minimum absolute atomic E-state index is 0.160. The second-order valence-electron chi connectivity index (χ2n) is 3.27. The SMILES string of the molecule is Cc1ccc(C2=C(O)C(=O)OC2)cc1. The van der Waals surface area contributed by atoms with Gasteiger partial charge in [0, 0.05) is 5.57 Å². The molecule has 1 heterocycles. The fourth-order valence-corrected chi connectivity index (χ4v) is 1.37. The predicted molar refractivity (Wildman–Crippen MR) is 51.7 cm³/mol. The number of aryl methyl sites for hydroxylation is 1. The number of cyclic esters (lactones) is 1. The van der Waals surface area contributed by atoms with Crippen molar-refractivity contribution in [3.63, 3.8) is 0 Å². The van der Waals surface area contributed by atoms with Gasteiger partial charge in [0.1, 0.15) is 6.61 Å². The molecule has 0 aliphatic carbocycles. The minimum atomic E-state index is -0.638. The molecule has 0 saturated carbocycles. The van der Waals surface area contributed by atoms with E-state index in [0.29, 0.717) is 5.57 Å². The van der Waals surface area contributed by atoms with Crippen LogP contribution in [0.3, 0.4) is 0 Å². The van der Waals surface area contributed by atoms with E-state index < -0.39 is 5.97 Å². The van der Waals surface area contributed by atoms with Gasteiger partial charge < -0.3 is 9.84 Å². The second kappa shape index (κ2) is 3.18. The van der Waals surface area contributed by atoms with Gasteiger partial charge in [-0.2, -0.15) is 0 Å². The van der Waals surface area contributed by atoms with Gasteiger partial charge >= 0.3 is 5.97 Å². The van der Waals surface area contributed by atoms with Crippen LogP contribution in [0.2, 0.25) is 0 Å². The Balaban J connectivity index is 2.41. The molecule has 0 spiro atoms. The van der Waals surface area contributed by atoms with E-state index in [1.807, 2.05) is 31.2 Å². The van der Waals surface area contributed by atoms with Crippen LogP contribution in [0.15, 0.2) is 30.0 Å². The molecule has 1 aliphatic rings. The van der Waals surface area contributed by atoms with E-state index in [2.05, 4.69) is 0 Å². The van der Waals surface area contributed by atoms with Crippen molar-refractivity contribution >= 4 is 11.5 Å². The predicted octanol–water partition coefficient (Wildman–Crippen LogP) is 1.82. The summed E-state index contributed by atoms with van der Waals surface area (Å²) in [6, 6.07) is 7.59. The maximum atomic E-state index is 10.9. The summed E-state index contributed by atoms with van der Waals surface area (Å²) in [5.41, 5.74) is 2.54. The third kappa shape index (κ3) is 1.37. The third-order valence-electron chi connectivity index (χ3n) is 2.23. The van der Waals surface area contributed by atoms with Crippen molar-refractivity contribution in [2.75, 3.05) is 6.61 Å². The highest BCUT2D eigenvalue weighted by Gasteiger charge is 2.24. The lowest BCUT2D eigenvalue weighted by Gasteiger charge is -2.00. The zero-order chi connectivity index (χ0) is 10.1. The summed E-state index contributed by atoms with van der Waals surface area (Å²) in [4.78, 5) is 10.9. The number of ether oxygens (including phenoxy) is 1. The maximum Gasteiger partial charge on any atom is 0.374 e. The molecule has 1 aliphatic heterocycles. The van der Waals surface area contributed by atoms with Crippen molar-refractivity contribution in [2.45, 2.75) is 6.92 Å². The van der Waals surface area contributed by atoms with Gasteiger partial charge in [0.25, 0.3) is 0 Å². The van der Waals surface area contributed by atoms with E-state index in [4.69, 9.17) is 4.74 Å². The van der Waals surface area contributed by atoms with Crippen LogP contribution < -0.4 is 0 Å². The van der Waals surface area contributed by atoms with E-state index in [9.17, 15) is 9.90 Å². The average molecular weight is 190 g/mol. The first kappa shape index (κ1) is 8.81. The minimum Gasteiger partial charge on any atom is -0.502 e. The summed E-state index contributed by atoms with van der Waals surface area (Å²) in [6.45, 7) is 2.14. The van der Waals surface area contributed by atoms with Gasteiger partial charge in [-0.15, -0.1) is 0 Å². The molecule has 1 N–H and O–H groups in total. The largest absolute Gasteiger partial charge is 0.502 e. The highest BCUT2D eigenvalue weighted by Crippen LogP contribution is 2.24. The van der Waals surface area contributed by atoms with Crippen LogP contribution in [0.5, 0.6) is 0 Å². The first-order chi connectivity index (χ1) is 6.68. The average Bonchev–Trinajstić information content (AvgIpc) is 2.50. The summed E-state index contributed by atoms with van der Waals surface area (Å²) < 4.78 is 4.70. The number of esters is 1. The molecule has 72 valence electrons. The quantitative estimate of drug-likeness (QED) is 0.687. The normalized spacial score (nSPS) is 15.9. The molecule has 0 amide bonds. The molecule has 1 aromatic rings. The fourth-order valence-electron chi connectivity index (χ4n) is 1.37. The van der Waals surface area contributed by atoms with Crippen molar-refractivity contribution in [2.24, 2.45) is 0 Å². The molecule has 0 bridgehead atoms. The number of aliphatic hydroxyl groups is 1. The van der Waals surface area contributed by atoms with Crippen LogP contribution in [0.25, 0.3) is 5.57 Å². The summed E-state index contributed by atoms with van der Waals surface area (Å²) in [7, 11) is 0. The van der Waals surface area contributed by atoms with Gasteiger partial charge in [0.2, 0.25) is 5.76 Å². The zero-order valence-corrected chi connectivity index (χ0v) is 7.78. The van der Waals surface area contributed by atoms with Crippen molar-refractivity contribution in [3.8, 4) is 0 Å². The Kier molecular flexibility index (Phi) is 2.00. The van der Waals surface area contributed by atoms with Gasteiger partial charge in [-0.25, -0.2) is 4.79 Å². The Labute approximate surface area is 81.6 Å². The molecule has 3 heteroatoms. The fraction of sp³-hybridized carbons (Fsp3) is 0.182. The van der Waals surface area contributed by atoms with E-state index in [1.165, 1.54) is 0 Å². The number of carbonyl (C=O) groups excluding carboxylic acids is 1. The summed E-state index contributed by atoms with van der Waals surface area (Å²) in [5, 5.41) is 9.39. The van der Waals surface area contributed by atoms with Crippen LogP contribution in [0, 0.1) is 6.92 Å². The number of hydrogen-bond acceptors (Lipinski definition) is 3. The van der Waals surface area contributed by atoms with E-state index >= 15 is 0 Å². The second-order valence-corrected chi connectivity index (χ2v) is 3.27. The lowest BCUT2D eigenvalue weighted by Crippen LogP contribution is -1.97. The molecular formula is C11H10O3. The zero-order valence-electron chi connectivity index (χ0n) is 7.78. The van der Waals surface area contributed by atoms with Crippen molar-refractivity contribution in [1.82, 2.24) is 0 Å². The molecule has 0 fully saturated rings. The topological polar surface area (TPSA) is 46.5 Å². The van der Waals surface area contributed by atoms with Gasteiger partial charge in [0.15, 0.2) is 0 Å². The van der Waals surface area contributed by atoms with E-state index in [-0.39, 0.29) is 12.4 Å². The Hall–Kier alpha value is -1.77. The van der Waals surface area contributed by atoms with E-state index in [1.54, 1.807) is 0 Å². The third-order valence-corrected chi connectivity index (χ3v) is 2.23. The highest BCUT2D eigenvalue weighted by molar-refractivity contribution is 5.99. The molecule has 0 radical (unpaired) electrons. The van der Waals surface area contributed by atoms with Crippen LogP contribution in [0.1, 0.15) is 11.1 Å². The van der Waals surface area contributed by atoms with E-state index in [0.717, 1.165) is 11.1 Å². The number of rotatable bonds is 1. The molecule has 2 rings (SSSR count). The number of aliphatic hydroxyl groups excluding tert-OH is 1. The van der Waals surface area contributed by atoms with Crippen molar-refractivity contribution < 1.29 is 14.6 Å². The first-order valence-electron chi connectivity index (χ1n) is 4.35. The van der Waals surface area contributed by atoms with Crippen LogP contribution >= 0.6 is 0 Å². The number of carbonyl (C=O) groups is 1. The molecule has 3 nitrogen and oxygen atoms in total. The summed E-state index contributed by atoms with van der Waals surface area (Å²) in [5.74, 6) is -0.908.